The van der Waals surface area contributed by atoms with Crippen molar-refractivity contribution in [1.29, 1.82) is 0 Å². The number of hydrogen-bond acceptors (Lipinski definition) is 5. The lowest BCUT2D eigenvalue weighted by molar-refractivity contribution is 0.102. The molecule has 0 fully saturated rings. The first-order valence-corrected chi connectivity index (χ1v) is 9.21. The number of carbonyl (C=O) groups is 1. The van der Waals surface area contributed by atoms with Gasteiger partial charge in [-0.05, 0) is 55.0 Å². The summed E-state index contributed by atoms with van der Waals surface area (Å²) in [5, 5.41) is 3.67. The average molecular weight is 383 g/mol. The molecule has 0 radical (unpaired) electrons. The number of carbonyl (C=O) groups excluding carboxylic acids is 1. The molecule has 0 spiro atoms. The molecule has 3 heterocycles. The summed E-state index contributed by atoms with van der Waals surface area (Å²) in [6, 6.07) is 18.7. The van der Waals surface area contributed by atoms with E-state index in [0.29, 0.717) is 28.6 Å². The van der Waals surface area contributed by atoms with Crippen LogP contribution in [0.1, 0.15) is 15.9 Å². The zero-order chi connectivity index (χ0) is 19.8. The quantitative estimate of drug-likeness (QED) is 0.560. The number of benzene rings is 2. The van der Waals surface area contributed by atoms with Crippen LogP contribution in [0.2, 0.25) is 0 Å². The third-order valence-electron chi connectivity index (χ3n) is 4.79. The minimum atomic E-state index is -0.233. The Balaban J connectivity index is 1.60. The molecule has 4 aromatic rings. The van der Waals surface area contributed by atoms with Crippen molar-refractivity contribution in [2.24, 2.45) is 0 Å². The molecule has 1 amide bonds. The highest BCUT2D eigenvalue weighted by Gasteiger charge is 2.18. The minimum absolute atomic E-state index is 0.209. The zero-order valence-electron chi connectivity index (χ0n) is 15.7. The summed E-state index contributed by atoms with van der Waals surface area (Å²) in [6.07, 6.45) is 1.67. The van der Waals surface area contributed by atoms with E-state index in [4.69, 9.17) is 14.5 Å². The number of para-hydroxylation sites is 1. The van der Waals surface area contributed by atoms with Crippen LogP contribution in [-0.4, -0.2) is 22.7 Å². The summed E-state index contributed by atoms with van der Waals surface area (Å²) in [7, 11) is 0. The lowest BCUT2D eigenvalue weighted by Gasteiger charge is -2.11. The molecule has 0 saturated heterocycles. The molecule has 2 aromatic carbocycles. The van der Waals surface area contributed by atoms with Gasteiger partial charge in [-0.1, -0.05) is 18.2 Å². The van der Waals surface area contributed by atoms with Crippen LogP contribution in [-0.2, 0) is 0 Å². The van der Waals surface area contributed by atoms with E-state index in [1.807, 2.05) is 61.5 Å². The molecule has 0 unspecified atom stereocenters. The van der Waals surface area contributed by atoms with Gasteiger partial charge < -0.3 is 14.8 Å². The number of nitrogens with one attached hydrogen (secondary N) is 1. The Morgan fingerprint density at radius 1 is 1.00 bits per heavy atom. The largest absolute Gasteiger partial charge is 0.454 e. The van der Waals surface area contributed by atoms with Crippen molar-refractivity contribution < 1.29 is 14.3 Å². The van der Waals surface area contributed by atoms with Crippen LogP contribution in [0, 0.1) is 6.92 Å². The topological polar surface area (TPSA) is 73.3 Å². The molecule has 1 aliphatic rings. The van der Waals surface area contributed by atoms with Crippen molar-refractivity contribution in [2.75, 3.05) is 12.1 Å². The maximum Gasteiger partial charge on any atom is 0.257 e. The number of aryl methyl sites for hydroxylation is 1. The molecule has 6 heteroatoms. The number of aromatic nitrogens is 2. The Labute approximate surface area is 167 Å². The average Bonchev–Trinajstić information content (AvgIpc) is 3.21. The van der Waals surface area contributed by atoms with Crippen molar-refractivity contribution >= 4 is 22.6 Å². The Morgan fingerprint density at radius 2 is 1.86 bits per heavy atom. The predicted molar refractivity (Wildman–Crippen MR) is 110 cm³/mol. The van der Waals surface area contributed by atoms with E-state index in [1.54, 1.807) is 12.3 Å². The highest BCUT2D eigenvalue weighted by Crippen LogP contribution is 2.36. The number of amides is 1. The Morgan fingerprint density at radius 3 is 2.76 bits per heavy atom. The fourth-order valence-electron chi connectivity index (χ4n) is 3.36. The van der Waals surface area contributed by atoms with Crippen LogP contribution in [0.5, 0.6) is 11.5 Å². The number of anilines is 1. The highest BCUT2D eigenvalue weighted by molar-refractivity contribution is 6.12. The molecule has 1 N–H and O–H groups in total. The smallest absolute Gasteiger partial charge is 0.257 e. The first kappa shape index (κ1) is 17.2. The van der Waals surface area contributed by atoms with Crippen molar-refractivity contribution in [3.63, 3.8) is 0 Å². The van der Waals surface area contributed by atoms with E-state index in [0.717, 1.165) is 22.0 Å². The number of rotatable bonds is 3. The second kappa shape index (κ2) is 6.91. The molecule has 6 nitrogen and oxygen atoms in total. The van der Waals surface area contributed by atoms with E-state index in [-0.39, 0.29) is 12.7 Å². The predicted octanol–water partition coefficient (Wildman–Crippen LogP) is 4.59. The van der Waals surface area contributed by atoms with E-state index in [2.05, 4.69) is 10.3 Å². The van der Waals surface area contributed by atoms with E-state index in [9.17, 15) is 4.79 Å². The van der Waals surface area contributed by atoms with Gasteiger partial charge in [-0.2, -0.15) is 0 Å². The van der Waals surface area contributed by atoms with Crippen LogP contribution in [0.15, 0.2) is 66.9 Å². The van der Waals surface area contributed by atoms with Crippen molar-refractivity contribution in [1.82, 2.24) is 9.97 Å². The molecule has 29 heavy (non-hydrogen) atoms. The highest BCUT2D eigenvalue weighted by atomic mass is 16.7. The van der Waals surface area contributed by atoms with E-state index >= 15 is 0 Å². The molecule has 1 aliphatic heterocycles. The van der Waals surface area contributed by atoms with Gasteiger partial charge in [-0.15, -0.1) is 0 Å². The van der Waals surface area contributed by atoms with Crippen molar-refractivity contribution in [2.45, 2.75) is 6.92 Å². The molecule has 0 aliphatic carbocycles. The molecule has 5 rings (SSSR count). The van der Waals surface area contributed by atoms with Gasteiger partial charge in [0.2, 0.25) is 6.79 Å². The molecule has 0 atom stereocenters. The monoisotopic (exact) mass is 383 g/mol. The van der Waals surface area contributed by atoms with Crippen LogP contribution in [0.4, 0.5) is 5.82 Å². The van der Waals surface area contributed by atoms with Gasteiger partial charge in [0, 0.05) is 17.1 Å². The fraction of sp³-hybridized carbons (Fsp3) is 0.0870. The Kier molecular flexibility index (Phi) is 4.09. The summed E-state index contributed by atoms with van der Waals surface area (Å²) >= 11 is 0. The number of fused-ring (bicyclic) bond motifs is 2. The second-order valence-corrected chi connectivity index (χ2v) is 6.81. The van der Waals surface area contributed by atoms with Gasteiger partial charge in [-0.3, -0.25) is 4.79 Å². The van der Waals surface area contributed by atoms with Crippen LogP contribution < -0.4 is 14.8 Å². The maximum atomic E-state index is 13.1. The van der Waals surface area contributed by atoms with Crippen molar-refractivity contribution in [3.8, 4) is 22.8 Å². The minimum Gasteiger partial charge on any atom is -0.454 e. The number of hydrogen-bond donors (Lipinski definition) is 1. The molecule has 0 saturated carbocycles. The first-order chi connectivity index (χ1) is 14.2. The number of ether oxygens (including phenoxy) is 2. The number of pyridine rings is 2. The van der Waals surface area contributed by atoms with Crippen LogP contribution in [0.3, 0.4) is 0 Å². The SMILES string of the molecule is Cc1ccnc(NC(=O)c2cc(-c3ccc4c(c3)OCO4)nc3ccccc23)c1. The standard InChI is InChI=1S/C23H17N3O3/c1-14-8-9-24-22(10-14)26-23(27)17-12-19(25-18-5-3-2-4-16(17)18)15-6-7-20-21(11-15)29-13-28-20/h2-12H,13H2,1H3,(H,24,26,27). The van der Waals surface area contributed by atoms with Gasteiger partial charge in [0.15, 0.2) is 11.5 Å². The van der Waals surface area contributed by atoms with Gasteiger partial charge in [0.05, 0.1) is 16.8 Å². The fourth-order valence-corrected chi connectivity index (χ4v) is 3.36. The molecule has 0 bridgehead atoms. The summed E-state index contributed by atoms with van der Waals surface area (Å²) in [4.78, 5) is 22.1. The first-order valence-electron chi connectivity index (χ1n) is 9.21. The summed E-state index contributed by atoms with van der Waals surface area (Å²) in [6.45, 7) is 2.16. The van der Waals surface area contributed by atoms with Crippen LogP contribution >= 0.6 is 0 Å². The van der Waals surface area contributed by atoms with E-state index < -0.39 is 0 Å². The van der Waals surface area contributed by atoms with Gasteiger partial charge in [0.25, 0.3) is 5.91 Å². The second-order valence-electron chi connectivity index (χ2n) is 6.81. The van der Waals surface area contributed by atoms with Gasteiger partial charge in [0.1, 0.15) is 5.82 Å². The van der Waals surface area contributed by atoms with E-state index in [1.165, 1.54) is 0 Å². The number of nitrogens with zero attached hydrogens (tertiary/aromatic N) is 2. The normalized spacial score (nSPS) is 12.2. The summed E-state index contributed by atoms with van der Waals surface area (Å²) in [5.41, 5.74) is 3.83. The molecular formula is C23H17N3O3. The van der Waals surface area contributed by atoms with Gasteiger partial charge in [-0.25, -0.2) is 9.97 Å². The van der Waals surface area contributed by atoms with Crippen molar-refractivity contribution in [3.05, 3.63) is 78.0 Å². The summed E-state index contributed by atoms with van der Waals surface area (Å²) < 4.78 is 10.9. The lowest BCUT2D eigenvalue weighted by atomic mass is 10.0. The van der Waals surface area contributed by atoms with Gasteiger partial charge >= 0.3 is 0 Å². The third-order valence-corrected chi connectivity index (χ3v) is 4.79. The Hall–Kier alpha value is -3.93. The molecular weight excluding hydrogens is 366 g/mol. The summed E-state index contributed by atoms with van der Waals surface area (Å²) in [5.74, 6) is 1.66. The molecule has 142 valence electrons. The maximum absolute atomic E-state index is 13.1. The molecule has 2 aromatic heterocycles. The lowest BCUT2D eigenvalue weighted by Crippen LogP contribution is -2.14. The zero-order valence-corrected chi connectivity index (χ0v) is 15.7. The van der Waals surface area contributed by atoms with Crippen LogP contribution in [0.25, 0.3) is 22.2 Å². The Bertz CT molecular complexity index is 1250. The third kappa shape index (κ3) is 3.25.